The number of nitrogens with one attached hydrogen (secondary N) is 1. The summed E-state index contributed by atoms with van der Waals surface area (Å²) in [5.74, 6) is 1.79. The Kier molecular flexibility index (Phi) is 8.97. The van der Waals surface area contributed by atoms with Gasteiger partial charge in [0, 0.05) is 30.7 Å². The Morgan fingerprint density at radius 1 is 1.24 bits per heavy atom. The second kappa shape index (κ2) is 10.2. The Labute approximate surface area is 163 Å². The smallest absolute Gasteiger partial charge is 0.223 e. The Balaban J connectivity index is 0.00000156. The molecule has 0 radical (unpaired) electrons. The fourth-order valence-electron chi connectivity index (χ4n) is 3.93. The van der Waals surface area contributed by atoms with Crippen molar-refractivity contribution in [2.24, 2.45) is 17.6 Å². The number of hydrogen-bond acceptors (Lipinski definition) is 4. The molecule has 2 heterocycles. The van der Waals surface area contributed by atoms with E-state index in [4.69, 9.17) is 5.73 Å². The maximum atomic E-state index is 12.5. The molecule has 2 atom stereocenters. The number of amides is 1. The number of hydrogen-bond donors (Lipinski definition) is 2. The van der Waals surface area contributed by atoms with Crippen LogP contribution in [0, 0.1) is 18.8 Å². The Bertz CT molecular complexity index is 550. The lowest BCUT2D eigenvalue weighted by molar-refractivity contribution is -0.126. The summed E-state index contributed by atoms with van der Waals surface area (Å²) in [6.07, 6.45) is 5.21. The molecule has 1 saturated carbocycles. The van der Waals surface area contributed by atoms with Gasteiger partial charge in [-0.3, -0.25) is 4.79 Å². The number of carbonyl (C=O) groups is 1. The standard InChI is InChI=1S/C18H28N4O.2ClH/c1-13-4-2-7-17(20-13)22-10-8-15(9-11-22)21-18(23)16-6-3-5-14(16)12-19;;/h2,4,7,14-16H,3,5-6,8-12,19H2,1H3,(H,21,23);2*1H/t14-,16-;;/m1../s1. The highest BCUT2D eigenvalue weighted by molar-refractivity contribution is 5.85. The molecule has 1 aromatic rings. The molecule has 25 heavy (non-hydrogen) atoms. The Morgan fingerprint density at radius 3 is 2.60 bits per heavy atom. The molecule has 3 N–H and O–H groups in total. The van der Waals surface area contributed by atoms with Crippen molar-refractivity contribution in [3.8, 4) is 0 Å². The lowest BCUT2D eigenvalue weighted by atomic mass is 9.94. The predicted octanol–water partition coefficient (Wildman–Crippen LogP) is 2.69. The van der Waals surface area contributed by atoms with Crippen LogP contribution in [-0.2, 0) is 4.79 Å². The second-order valence-electron chi connectivity index (χ2n) is 6.94. The first kappa shape index (κ1) is 22.0. The van der Waals surface area contributed by atoms with Gasteiger partial charge in [0.25, 0.3) is 0 Å². The summed E-state index contributed by atoms with van der Waals surface area (Å²) in [7, 11) is 0. The van der Waals surface area contributed by atoms with E-state index >= 15 is 0 Å². The molecule has 1 aromatic heterocycles. The highest BCUT2D eigenvalue weighted by Gasteiger charge is 2.33. The van der Waals surface area contributed by atoms with E-state index in [1.54, 1.807) is 0 Å². The molecule has 1 saturated heterocycles. The zero-order chi connectivity index (χ0) is 16.2. The molecule has 2 fully saturated rings. The summed E-state index contributed by atoms with van der Waals surface area (Å²) >= 11 is 0. The van der Waals surface area contributed by atoms with Crippen molar-refractivity contribution in [1.29, 1.82) is 0 Å². The largest absolute Gasteiger partial charge is 0.356 e. The van der Waals surface area contributed by atoms with Crippen LogP contribution in [0.5, 0.6) is 0 Å². The molecule has 1 amide bonds. The third-order valence-corrected chi connectivity index (χ3v) is 5.34. The van der Waals surface area contributed by atoms with E-state index in [1.807, 2.05) is 13.0 Å². The molecule has 3 rings (SSSR count). The molecule has 142 valence electrons. The topological polar surface area (TPSA) is 71.2 Å². The van der Waals surface area contributed by atoms with E-state index in [-0.39, 0.29) is 36.6 Å². The number of nitrogens with zero attached hydrogens (tertiary/aromatic N) is 2. The molecular weight excluding hydrogens is 359 g/mol. The first-order valence-electron chi connectivity index (χ1n) is 8.86. The van der Waals surface area contributed by atoms with Gasteiger partial charge in [0.15, 0.2) is 0 Å². The number of pyridine rings is 1. The van der Waals surface area contributed by atoms with Gasteiger partial charge in [0.05, 0.1) is 0 Å². The van der Waals surface area contributed by atoms with Crippen molar-refractivity contribution >= 4 is 36.5 Å². The summed E-state index contributed by atoms with van der Waals surface area (Å²) in [5, 5.41) is 3.27. The van der Waals surface area contributed by atoms with Crippen LogP contribution < -0.4 is 16.0 Å². The molecule has 0 spiro atoms. The third kappa shape index (κ3) is 5.47. The molecule has 2 aliphatic rings. The lowest BCUT2D eigenvalue weighted by Crippen LogP contribution is -2.47. The molecule has 7 heteroatoms. The normalized spacial score (nSPS) is 23.5. The number of aromatic nitrogens is 1. The second-order valence-corrected chi connectivity index (χ2v) is 6.94. The molecule has 0 unspecified atom stereocenters. The highest BCUT2D eigenvalue weighted by atomic mass is 35.5. The van der Waals surface area contributed by atoms with Crippen LogP contribution in [0.25, 0.3) is 0 Å². The third-order valence-electron chi connectivity index (χ3n) is 5.34. The molecule has 5 nitrogen and oxygen atoms in total. The van der Waals surface area contributed by atoms with Gasteiger partial charge >= 0.3 is 0 Å². The highest BCUT2D eigenvalue weighted by Crippen LogP contribution is 2.31. The molecule has 0 bridgehead atoms. The molecule has 0 aromatic carbocycles. The quantitative estimate of drug-likeness (QED) is 0.831. The van der Waals surface area contributed by atoms with E-state index in [0.29, 0.717) is 18.5 Å². The van der Waals surface area contributed by atoms with Crippen molar-refractivity contribution in [2.75, 3.05) is 24.5 Å². The van der Waals surface area contributed by atoms with Crippen molar-refractivity contribution in [1.82, 2.24) is 10.3 Å². The van der Waals surface area contributed by atoms with Crippen molar-refractivity contribution in [2.45, 2.75) is 45.1 Å². The predicted molar refractivity (Wildman–Crippen MR) is 107 cm³/mol. The van der Waals surface area contributed by atoms with Crippen LogP contribution in [0.4, 0.5) is 5.82 Å². The van der Waals surface area contributed by atoms with E-state index in [1.165, 1.54) is 0 Å². The van der Waals surface area contributed by atoms with Gasteiger partial charge in [-0.1, -0.05) is 12.5 Å². The minimum Gasteiger partial charge on any atom is -0.356 e. The van der Waals surface area contributed by atoms with Gasteiger partial charge in [-0.25, -0.2) is 4.98 Å². The number of halogens is 2. The fraction of sp³-hybridized carbons (Fsp3) is 0.667. The average molecular weight is 389 g/mol. The minimum atomic E-state index is 0. The Morgan fingerprint density at radius 2 is 1.96 bits per heavy atom. The minimum absolute atomic E-state index is 0. The summed E-state index contributed by atoms with van der Waals surface area (Å²) in [4.78, 5) is 19.4. The number of anilines is 1. The number of aryl methyl sites for hydroxylation is 1. The van der Waals surface area contributed by atoms with E-state index < -0.39 is 0 Å². The van der Waals surface area contributed by atoms with Gasteiger partial charge in [-0.2, -0.15) is 0 Å². The molecule has 1 aliphatic heterocycles. The first-order valence-corrected chi connectivity index (χ1v) is 8.86. The van der Waals surface area contributed by atoms with Gasteiger partial charge in [0.1, 0.15) is 5.82 Å². The maximum absolute atomic E-state index is 12.5. The summed E-state index contributed by atoms with van der Waals surface area (Å²) in [6, 6.07) is 6.43. The van der Waals surface area contributed by atoms with E-state index in [9.17, 15) is 4.79 Å². The van der Waals surface area contributed by atoms with Gasteiger partial charge in [-0.05, 0) is 57.2 Å². The number of piperidine rings is 1. The van der Waals surface area contributed by atoms with Crippen LogP contribution in [-0.4, -0.2) is 36.6 Å². The van der Waals surface area contributed by atoms with Gasteiger partial charge in [-0.15, -0.1) is 24.8 Å². The van der Waals surface area contributed by atoms with Crippen LogP contribution in [0.1, 0.15) is 37.8 Å². The Hall–Kier alpha value is -1.04. The van der Waals surface area contributed by atoms with Crippen molar-refractivity contribution < 1.29 is 4.79 Å². The summed E-state index contributed by atoms with van der Waals surface area (Å²) in [5.41, 5.74) is 6.84. The van der Waals surface area contributed by atoms with Crippen LogP contribution >= 0.6 is 24.8 Å². The lowest BCUT2D eigenvalue weighted by Gasteiger charge is -2.34. The van der Waals surface area contributed by atoms with Gasteiger partial charge < -0.3 is 16.0 Å². The monoisotopic (exact) mass is 388 g/mol. The van der Waals surface area contributed by atoms with Crippen LogP contribution in [0.3, 0.4) is 0 Å². The number of carbonyl (C=O) groups excluding carboxylic acids is 1. The molecule has 1 aliphatic carbocycles. The van der Waals surface area contributed by atoms with Crippen molar-refractivity contribution in [3.05, 3.63) is 23.9 Å². The SMILES string of the molecule is Cc1cccc(N2CCC(NC(=O)[C@@H]3CCC[C@@H]3CN)CC2)n1.Cl.Cl. The number of nitrogens with two attached hydrogens (primary N) is 1. The molecular formula is C18H30Cl2N4O. The first-order chi connectivity index (χ1) is 11.2. The maximum Gasteiger partial charge on any atom is 0.223 e. The van der Waals surface area contributed by atoms with E-state index in [0.717, 1.165) is 56.7 Å². The van der Waals surface area contributed by atoms with Crippen molar-refractivity contribution in [3.63, 3.8) is 0 Å². The van der Waals surface area contributed by atoms with Gasteiger partial charge in [0.2, 0.25) is 5.91 Å². The average Bonchev–Trinajstić information content (AvgIpc) is 3.04. The summed E-state index contributed by atoms with van der Waals surface area (Å²) < 4.78 is 0. The number of rotatable bonds is 4. The van der Waals surface area contributed by atoms with Crippen LogP contribution in [0.2, 0.25) is 0 Å². The van der Waals surface area contributed by atoms with E-state index in [2.05, 4.69) is 27.3 Å². The zero-order valence-electron chi connectivity index (χ0n) is 14.8. The van der Waals surface area contributed by atoms with Crippen LogP contribution in [0.15, 0.2) is 18.2 Å². The fourth-order valence-corrected chi connectivity index (χ4v) is 3.93. The summed E-state index contributed by atoms with van der Waals surface area (Å²) in [6.45, 7) is 4.56. The zero-order valence-corrected chi connectivity index (χ0v) is 16.5.